The molecule has 2 N–H and O–H groups in total. The van der Waals surface area contributed by atoms with Crippen LogP contribution in [-0.2, 0) is 11.2 Å². The zero-order chi connectivity index (χ0) is 20.1. The fraction of sp³-hybridized carbons (Fsp3) is 0.720. The highest BCUT2D eigenvalue weighted by Gasteiger charge is 2.36. The summed E-state index contributed by atoms with van der Waals surface area (Å²) in [7, 11) is 0. The van der Waals surface area contributed by atoms with Gasteiger partial charge in [0.1, 0.15) is 0 Å². The number of nitrogens with one attached hydrogen (secondary N) is 1. The third-order valence-corrected chi connectivity index (χ3v) is 7.55. The number of carbonyl (C=O) groups excluding carboxylic acids is 1. The minimum Gasteiger partial charge on any atom is -0.393 e. The molecule has 1 amide bonds. The number of carbonyl (C=O) groups is 1. The molecule has 3 atom stereocenters. The van der Waals surface area contributed by atoms with Crippen molar-refractivity contribution in [2.75, 3.05) is 19.6 Å². The van der Waals surface area contributed by atoms with Gasteiger partial charge < -0.3 is 15.3 Å². The zero-order valence-corrected chi connectivity index (χ0v) is 17.8. The summed E-state index contributed by atoms with van der Waals surface area (Å²) in [5, 5.41) is 13.8. The topological polar surface area (TPSA) is 52.6 Å². The Morgan fingerprint density at radius 3 is 2.55 bits per heavy atom. The Bertz CT molecular complexity index is 671. The van der Waals surface area contributed by atoms with Gasteiger partial charge >= 0.3 is 0 Å². The monoisotopic (exact) mass is 398 g/mol. The summed E-state index contributed by atoms with van der Waals surface area (Å²) in [6.07, 6.45) is 12.7. The van der Waals surface area contributed by atoms with Crippen molar-refractivity contribution in [3.8, 4) is 0 Å². The van der Waals surface area contributed by atoms with Crippen LogP contribution in [0.2, 0.25) is 0 Å². The first kappa shape index (κ1) is 20.9. The first-order valence-corrected chi connectivity index (χ1v) is 12.0. The Balaban J connectivity index is 1.40. The molecular formula is C25H38N2O2. The molecule has 1 aromatic carbocycles. The van der Waals surface area contributed by atoms with Crippen LogP contribution < -0.4 is 5.32 Å². The molecule has 29 heavy (non-hydrogen) atoms. The van der Waals surface area contributed by atoms with Crippen LogP contribution in [0.1, 0.15) is 81.4 Å². The molecule has 0 spiro atoms. The number of aliphatic hydroxyl groups is 1. The normalized spacial score (nSPS) is 28.6. The molecule has 2 fully saturated rings. The van der Waals surface area contributed by atoms with Gasteiger partial charge in [-0.1, -0.05) is 62.8 Å². The number of nitrogens with zero attached hydrogens (tertiary/aromatic N) is 1. The smallest absolute Gasteiger partial charge is 0.237 e. The third kappa shape index (κ3) is 5.03. The van der Waals surface area contributed by atoms with E-state index in [9.17, 15) is 9.90 Å². The standard InChI is InChI=1S/C25H38N2O2/c28-23-14-6-2-5-12-21(23)17-26-18-24(29)27-16-15-19-9-7-8-13-22(19)25(27)20-10-3-1-4-11-20/h7-9,13,20-21,23,25-26,28H,1-6,10-12,14-18H2/t21-,23-,25?/m1/s1. The summed E-state index contributed by atoms with van der Waals surface area (Å²) in [5.74, 6) is 1.12. The molecule has 1 aromatic rings. The van der Waals surface area contributed by atoms with Crippen LogP contribution in [0.25, 0.3) is 0 Å². The molecular weight excluding hydrogens is 360 g/mol. The molecule has 2 aliphatic carbocycles. The molecule has 4 nitrogen and oxygen atoms in total. The molecule has 0 radical (unpaired) electrons. The van der Waals surface area contributed by atoms with E-state index in [4.69, 9.17) is 0 Å². The van der Waals surface area contributed by atoms with E-state index in [0.717, 1.165) is 38.8 Å². The second kappa shape index (κ2) is 10.1. The molecule has 0 saturated heterocycles. The second-order valence-electron chi connectivity index (χ2n) is 9.48. The number of fused-ring (bicyclic) bond motifs is 1. The van der Waals surface area contributed by atoms with Gasteiger partial charge in [-0.05, 0) is 55.1 Å². The van der Waals surface area contributed by atoms with E-state index in [2.05, 4.69) is 34.5 Å². The second-order valence-corrected chi connectivity index (χ2v) is 9.48. The van der Waals surface area contributed by atoms with Crippen LogP contribution in [-0.4, -0.2) is 41.7 Å². The van der Waals surface area contributed by atoms with Gasteiger partial charge in [-0.2, -0.15) is 0 Å². The molecule has 0 bridgehead atoms. The summed E-state index contributed by atoms with van der Waals surface area (Å²) in [6.45, 7) is 1.99. The van der Waals surface area contributed by atoms with Crippen molar-refractivity contribution in [2.24, 2.45) is 11.8 Å². The SMILES string of the molecule is O=C(CNC[C@H]1CCCCC[C@H]1O)N1CCc2ccccc2C1C1CCCCC1. The molecule has 2 saturated carbocycles. The van der Waals surface area contributed by atoms with Gasteiger partial charge in [0.25, 0.3) is 0 Å². The Labute approximate surface area is 176 Å². The van der Waals surface area contributed by atoms with Gasteiger partial charge in [-0.3, -0.25) is 4.79 Å². The summed E-state index contributed by atoms with van der Waals surface area (Å²) >= 11 is 0. The van der Waals surface area contributed by atoms with Gasteiger partial charge in [0.15, 0.2) is 0 Å². The maximum absolute atomic E-state index is 13.3. The van der Waals surface area contributed by atoms with E-state index in [1.807, 2.05) is 0 Å². The molecule has 4 rings (SSSR count). The van der Waals surface area contributed by atoms with Gasteiger partial charge in [-0.15, -0.1) is 0 Å². The minimum absolute atomic E-state index is 0.211. The molecule has 4 heteroatoms. The summed E-state index contributed by atoms with van der Waals surface area (Å²) in [4.78, 5) is 15.4. The van der Waals surface area contributed by atoms with Gasteiger partial charge in [0.2, 0.25) is 5.91 Å². The van der Waals surface area contributed by atoms with E-state index in [0.29, 0.717) is 18.4 Å². The number of rotatable bonds is 5. The van der Waals surface area contributed by atoms with Gasteiger partial charge in [0.05, 0.1) is 18.7 Å². The van der Waals surface area contributed by atoms with Crippen molar-refractivity contribution < 1.29 is 9.90 Å². The maximum Gasteiger partial charge on any atom is 0.237 e. The lowest BCUT2D eigenvalue weighted by Crippen LogP contribution is -2.47. The summed E-state index contributed by atoms with van der Waals surface area (Å²) < 4.78 is 0. The average Bonchev–Trinajstić information content (AvgIpc) is 2.97. The van der Waals surface area contributed by atoms with E-state index < -0.39 is 0 Å². The number of hydrogen-bond donors (Lipinski definition) is 2. The van der Waals surface area contributed by atoms with E-state index in [1.165, 1.54) is 56.1 Å². The first-order valence-electron chi connectivity index (χ1n) is 12.0. The van der Waals surface area contributed by atoms with Gasteiger partial charge in [0, 0.05) is 13.1 Å². The maximum atomic E-state index is 13.3. The summed E-state index contributed by atoms with van der Waals surface area (Å²) in [6, 6.07) is 9.02. The lowest BCUT2D eigenvalue weighted by Gasteiger charge is -2.43. The third-order valence-electron chi connectivity index (χ3n) is 7.55. The predicted molar refractivity (Wildman–Crippen MR) is 117 cm³/mol. The van der Waals surface area contributed by atoms with Crippen molar-refractivity contribution in [3.63, 3.8) is 0 Å². The largest absolute Gasteiger partial charge is 0.393 e. The van der Waals surface area contributed by atoms with Crippen LogP contribution in [0.3, 0.4) is 0 Å². The first-order chi connectivity index (χ1) is 14.2. The van der Waals surface area contributed by atoms with Crippen LogP contribution in [0.5, 0.6) is 0 Å². The molecule has 1 heterocycles. The van der Waals surface area contributed by atoms with E-state index in [1.54, 1.807) is 0 Å². The predicted octanol–water partition coefficient (Wildman–Crippen LogP) is 4.22. The highest BCUT2D eigenvalue weighted by molar-refractivity contribution is 5.79. The zero-order valence-electron chi connectivity index (χ0n) is 17.8. The lowest BCUT2D eigenvalue weighted by molar-refractivity contribution is -0.135. The van der Waals surface area contributed by atoms with Crippen molar-refractivity contribution in [1.82, 2.24) is 10.2 Å². The Hall–Kier alpha value is -1.39. The fourth-order valence-electron chi connectivity index (χ4n) is 5.91. The van der Waals surface area contributed by atoms with Crippen molar-refractivity contribution in [3.05, 3.63) is 35.4 Å². The van der Waals surface area contributed by atoms with Crippen molar-refractivity contribution in [1.29, 1.82) is 0 Å². The minimum atomic E-state index is -0.211. The average molecular weight is 399 g/mol. The number of hydrogen-bond acceptors (Lipinski definition) is 3. The molecule has 160 valence electrons. The van der Waals surface area contributed by atoms with Crippen LogP contribution in [0.15, 0.2) is 24.3 Å². The number of aliphatic hydroxyl groups excluding tert-OH is 1. The fourth-order valence-corrected chi connectivity index (χ4v) is 5.91. The van der Waals surface area contributed by atoms with Crippen LogP contribution in [0, 0.1) is 11.8 Å². The highest BCUT2D eigenvalue weighted by Crippen LogP contribution is 2.41. The van der Waals surface area contributed by atoms with Gasteiger partial charge in [-0.25, -0.2) is 0 Å². The highest BCUT2D eigenvalue weighted by atomic mass is 16.3. The van der Waals surface area contributed by atoms with E-state index >= 15 is 0 Å². The van der Waals surface area contributed by atoms with Crippen LogP contribution >= 0.6 is 0 Å². The Morgan fingerprint density at radius 1 is 1.00 bits per heavy atom. The van der Waals surface area contributed by atoms with E-state index in [-0.39, 0.29) is 18.1 Å². The van der Waals surface area contributed by atoms with Crippen molar-refractivity contribution in [2.45, 2.75) is 82.8 Å². The van der Waals surface area contributed by atoms with Crippen LogP contribution in [0.4, 0.5) is 0 Å². The Morgan fingerprint density at radius 2 is 1.72 bits per heavy atom. The molecule has 3 aliphatic rings. The number of benzene rings is 1. The Kier molecular flexibility index (Phi) is 7.25. The summed E-state index contributed by atoms with van der Waals surface area (Å²) in [5.41, 5.74) is 2.82. The molecule has 0 aromatic heterocycles. The molecule has 1 unspecified atom stereocenters. The lowest BCUT2D eigenvalue weighted by atomic mass is 9.77. The quantitative estimate of drug-likeness (QED) is 0.730. The van der Waals surface area contributed by atoms with Crippen molar-refractivity contribution >= 4 is 5.91 Å². The molecule has 1 aliphatic heterocycles. The number of amides is 1.